The van der Waals surface area contributed by atoms with Crippen LogP contribution in [0, 0.1) is 0 Å². The van der Waals surface area contributed by atoms with Crippen LogP contribution in [0.25, 0.3) is 22.3 Å². The van der Waals surface area contributed by atoms with Crippen LogP contribution in [0.4, 0.5) is 5.95 Å². The van der Waals surface area contributed by atoms with Crippen LogP contribution < -0.4 is 5.73 Å². The van der Waals surface area contributed by atoms with E-state index in [-0.39, 0.29) is 18.4 Å². The summed E-state index contributed by atoms with van der Waals surface area (Å²) in [6, 6.07) is 7.60. The molecule has 0 fully saturated rings. The molecule has 0 spiro atoms. The molecule has 18 heavy (non-hydrogen) atoms. The van der Waals surface area contributed by atoms with Crippen molar-refractivity contribution in [3.8, 4) is 11.3 Å². The van der Waals surface area contributed by atoms with Crippen molar-refractivity contribution in [2.45, 2.75) is 0 Å². The molecule has 90 valence electrons. The summed E-state index contributed by atoms with van der Waals surface area (Å²) in [4.78, 5) is 16.5. The first-order chi connectivity index (χ1) is 8.33. The van der Waals surface area contributed by atoms with Crippen molar-refractivity contribution in [1.29, 1.82) is 0 Å². The molecule has 2 heterocycles. The number of rotatable bonds is 1. The number of nitrogens with zero attached hydrogens (tertiary/aromatic N) is 4. The molecule has 3 aromatic rings. The molecular weight excluding hydrogens is 250 g/mol. The molecule has 0 saturated heterocycles. The zero-order valence-electron chi connectivity index (χ0n) is 9.32. The summed E-state index contributed by atoms with van der Waals surface area (Å²) in [6.45, 7) is 0. The highest BCUT2D eigenvalue weighted by atomic mass is 35.5. The second-order valence-corrected chi connectivity index (χ2v) is 3.56. The van der Waals surface area contributed by atoms with Gasteiger partial charge in [-0.3, -0.25) is 9.97 Å². The number of fused-ring (bicyclic) bond motifs is 1. The number of benzene rings is 1. The van der Waals surface area contributed by atoms with E-state index >= 15 is 0 Å². The molecule has 0 amide bonds. The van der Waals surface area contributed by atoms with Crippen molar-refractivity contribution in [3.05, 3.63) is 42.9 Å². The molecule has 0 aliphatic heterocycles. The number of aromatic nitrogens is 4. The van der Waals surface area contributed by atoms with Gasteiger partial charge in [0.2, 0.25) is 5.95 Å². The van der Waals surface area contributed by atoms with Crippen molar-refractivity contribution in [2.24, 2.45) is 0 Å². The Bertz CT molecular complexity index is 686. The fourth-order valence-electron chi connectivity index (χ4n) is 1.66. The zero-order valence-corrected chi connectivity index (χ0v) is 10.1. The molecule has 0 radical (unpaired) electrons. The molecule has 0 saturated carbocycles. The highest BCUT2D eigenvalue weighted by Gasteiger charge is 2.02. The molecule has 1 aromatic carbocycles. The highest BCUT2D eigenvalue weighted by Crippen LogP contribution is 2.20. The normalized spacial score (nSPS) is 10.0. The lowest BCUT2D eigenvalue weighted by Crippen LogP contribution is -1.95. The summed E-state index contributed by atoms with van der Waals surface area (Å²) >= 11 is 0. The third-order valence-electron chi connectivity index (χ3n) is 2.44. The fourth-order valence-corrected chi connectivity index (χ4v) is 1.66. The summed E-state index contributed by atoms with van der Waals surface area (Å²) in [5.41, 5.74) is 8.99. The Balaban J connectivity index is 0.00000120. The Morgan fingerprint density at radius 3 is 2.39 bits per heavy atom. The minimum atomic E-state index is 0. The van der Waals surface area contributed by atoms with E-state index in [1.807, 2.05) is 24.3 Å². The van der Waals surface area contributed by atoms with Crippen LogP contribution in [0.1, 0.15) is 0 Å². The smallest absolute Gasteiger partial charge is 0.220 e. The van der Waals surface area contributed by atoms with E-state index in [9.17, 15) is 0 Å². The number of nitrogen functional groups attached to an aromatic ring is 1. The Morgan fingerprint density at radius 2 is 1.61 bits per heavy atom. The molecule has 2 N–H and O–H groups in total. The topological polar surface area (TPSA) is 77.6 Å². The van der Waals surface area contributed by atoms with Gasteiger partial charge in [0.15, 0.2) is 0 Å². The average molecular weight is 260 g/mol. The first-order valence-corrected chi connectivity index (χ1v) is 5.12. The summed E-state index contributed by atoms with van der Waals surface area (Å²) in [7, 11) is 0. The number of anilines is 1. The van der Waals surface area contributed by atoms with E-state index in [4.69, 9.17) is 5.73 Å². The van der Waals surface area contributed by atoms with Crippen LogP contribution in [-0.4, -0.2) is 19.9 Å². The molecule has 0 aliphatic carbocycles. The second kappa shape index (κ2) is 4.93. The zero-order chi connectivity index (χ0) is 11.7. The van der Waals surface area contributed by atoms with Crippen molar-refractivity contribution in [3.63, 3.8) is 0 Å². The van der Waals surface area contributed by atoms with Gasteiger partial charge in [0.25, 0.3) is 0 Å². The first kappa shape index (κ1) is 12.2. The molecule has 0 aliphatic rings. The van der Waals surface area contributed by atoms with Crippen molar-refractivity contribution in [2.75, 3.05) is 5.73 Å². The van der Waals surface area contributed by atoms with E-state index in [1.165, 1.54) is 0 Å². The summed E-state index contributed by atoms with van der Waals surface area (Å²) in [6.07, 6.45) is 4.98. The predicted octanol–water partition coefficient (Wildman–Crippen LogP) is 2.09. The number of nitrogens with two attached hydrogens (primary N) is 1. The van der Waals surface area contributed by atoms with Crippen molar-refractivity contribution >= 4 is 29.4 Å². The van der Waals surface area contributed by atoms with Gasteiger partial charge in [0.1, 0.15) is 0 Å². The Hall–Kier alpha value is -2.27. The van der Waals surface area contributed by atoms with Crippen LogP contribution in [0.2, 0.25) is 0 Å². The summed E-state index contributed by atoms with van der Waals surface area (Å²) < 4.78 is 0. The van der Waals surface area contributed by atoms with Crippen LogP contribution in [0.15, 0.2) is 42.9 Å². The molecule has 0 bridgehead atoms. The molecular formula is C12H10ClN5. The molecule has 0 atom stereocenters. The lowest BCUT2D eigenvalue weighted by atomic mass is 10.1. The quantitative estimate of drug-likeness (QED) is 0.724. The number of hydrogen-bond acceptors (Lipinski definition) is 5. The highest BCUT2D eigenvalue weighted by molar-refractivity contribution is 5.85. The average Bonchev–Trinajstić information content (AvgIpc) is 2.38. The van der Waals surface area contributed by atoms with E-state index in [1.54, 1.807) is 18.6 Å². The lowest BCUT2D eigenvalue weighted by Gasteiger charge is -2.02. The van der Waals surface area contributed by atoms with Gasteiger partial charge in [-0.1, -0.05) is 6.07 Å². The SMILES string of the molecule is Cl.Nc1nccc(-c2ccc3nccnc3c2)n1. The molecule has 6 heteroatoms. The van der Waals surface area contributed by atoms with Crippen molar-refractivity contribution in [1.82, 2.24) is 19.9 Å². The van der Waals surface area contributed by atoms with E-state index in [2.05, 4.69) is 19.9 Å². The maximum atomic E-state index is 5.56. The standard InChI is InChI=1S/C12H9N5.ClH/c13-12-16-4-3-9(17-12)8-1-2-10-11(7-8)15-6-5-14-10;/h1-7H,(H2,13,16,17);1H. The number of hydrogen-bond donors (Lipinski definition) is 1. The van der Waals surface area contributed by atoms with Gasteiger partial charge < -0.3 is 5.73 Å². The largest absolute Gasteiger partial charge is 0.368 e. The second-order valence-electron chi connectivity index (χ2n) is 3.56. The third-order valence-corrected chi connectivity index (χ3v) is 2.44. The summed E-state index contributed by atoms with van der Waals surface area (Å²) in [5.74, 6) is 0.266. The van der Waals surface area contributed by atoms with Crippen LogP contribution >= 0.6 is 12.4 Å². The Kier molecular flexibility index (Phi) is 3.34. The predicted molar refractivity (Wildman–Crippen MR) is 72.2 cm³/mol. The molecule has 3 rings (SSSR count). The molecule has 5 nitrogen and oxygen atoms in total. The van der Waals surface area contributed by atoms with Crippen molar-refractivity contribution < 1.29 is 0 Å². The van der Waals surface area contributed by atoms with Gasteiger partial charge in [-0.2, -0.15) is 0 Å². The monoisotopic (exact) mass is 259 g/mol. The van der Waals surface area contributed by atoms with E-state index < -0.39 is 0 Å². The Labute approximate surface area is 110 Å². The lowest BCUT2D eigenvalue weighted by molar-refractivity contribution is 1.19. The van der Waals surface area contributed by atoms with Gasteiger partial charge in [0, 0.05) is 24.2 Å². The van der Waals surface area contributed by atoms with Crippen LogP contribution in [0.3, 0.4) is 0 Å². The maximum absolute atomic E-state index is 5.56. The minimum Gasteiger partial charge on any atom is -0.368 e. The molecule has 2 aromatic heterocycles. The van der Waals surface area contributed by atoms with Gasteiger partial charge >= 0.3 is 0 Å². The van der Waals surface area contributed by atoms with Gasteiger partial charge in [-0.15, -0.1) is 12.4 Å². The molecule has 0 unspecified atom stereocenters. The van der Waals surface area contributed by atoms with Gasteiger partial charge in [-0.05, 0) is 18.2 Å². The van der Waals surface area contributed by atoms with Crippen LogP contribution in [-0.2, 0) is 0 Å². The first-order valence-electron chi connectivity index (χ1n) is 5.12. The van der Waals surface area contributed by atoms with Gasteiger partial charge in [0.05, 0.1) is 16.7 Å². The minimum absolute atomic E-state index is 0. The Morgan fingerprint density at radius 1 is 0.833 bits per heavy atom. The third kappa shape index (κ3) is 2.21. The summed E-state index contributed by atoms with van der Waals surface area (Å²) in [5, 5.41) is 0. The maximum Gasteiger partial charge on any atom is 0.220 e. The van der Waals surface area contributed by atoms with Gasteiger partial charge in [-0.25, -0.2) is 9.97 Å². The fraction of sp³-hybridized carbons (Fsp3) is 0. The number of halogens is 1. The van der Waals surface area contributed by atoms with E-state index in [0.717, 1.165) is 22.3 Å². The van der Waals surface area contributed by atoms with E-state index in [0.29, 0.717) is 0 Å². The van der Waals surface area contributed by atoms with Crippen LogP contribution in [0.5, 0.6) is 0 Å².